The molecule has 0 radical (unpaired) electrons. The van der Waals surface area contributed by atoms with E-state index in [1.165, 1.54) is 11.8 Å². The molecule has 0 spiro atoms. The second kappa shape index (κ2) is 8.37. The van der Waals surface area contributed by atoms with Crippen molar-refractivity contribution in [1.29, 1.82) is 0 Å². The van der Waals surface area contributed by atoms with Crippen LogP contribution in [0.25, 0.3) is 11.4 Å². The summed E-state index contributed by atoms with van der Waals surface area (Å²) in [7, 11) is 1.93. The topological polar surface area (TPSA) is 51.0 Å². The molecule has 1 aliphatic rings. The maximum atomic E-state index is 13.2. The molecule has 1 atom stereocenters. The minimum atomic E-state index is -0.333. The molecule has 0 N–H and O–H groups in total. The Morgan fingerprint density at radius 2 is 1.71 bits per heavy atom. The molecular formula is C21H21ClN4OS. The number of carbonyl (C=O) groups is 1. The van der Waals surface area contributed by atoms with Crippen LogP contribution in [0.4, 0.5) is 0 Å². The van der Waals surface area contributed by atoms with Crippen LogP contribution in [0, 0.1) is 0 Å². The summed E-state index contributed by atoms with van der Waals surface area (Å²) < 4.78 is 1.93. The van der Waals surface area contributed by atoms with Gasteiger partial charge >= 0.3 is 0 Å². The first-order chi connectivity index (χ1) is 13.6. The third-order valence-electron chi connectivity index (χ3n) is 4.90. The van der Waals surface area contributed by atoms with Gasteiger partial charge in [0.05, 0.1) is 0 Å². The van der Waals surface area contributed by atoms with Gasteiger partial charge < -0.3 is 9.47 Å². The van der Waals surface area contributed by atoms with Crippen LogP contribution in [0.5, 0.6) is 0 Å². The van der Waals surface area contributed by atoms with Crippen LogP contribution in [0.2, 0.25) is 5.02 Å². The Balaban J connectivity index is 1.63. The maximum absolute atomic E-state index is 13.2. The third-order valence-corrected chi connectivity index (χ3v) is 6.43. The number of carbonyl (C=O) groups excluding carboxylic acids is 1. The molecular weight excluding hydrogens is 392 g/mol. The SMILES string of the molecule is Cn1c(S[C@H](C(=O)N2CCCC2)c2ccccc2)nnc1-c1ccc(Cl)cc1. The fourth-order valence-electron chi connectivity index (χ4n) is 3.37. The lowest BCUT2D eigenvalue weighted by molar-refractivity contribution is -0.129. The number of likely N-dealkylation sites (tertiary alicyclic amines) is 1. The van der Waals surface area contributed by atoms with Crippen molar-refractivity contribution in [1.82, 2.24) is 19.7 Å². The van der Waals surface area contributed by atoms with Crippen LogP contribution in [0.1, 0.15) is 23.7 Å². The first kappa shape index (κ1) is 19.0. The molecule has 1 fully saturated rings. The number of rotatable bonds is 5. The zero-order chi connectivity index (χ0) is 19.5. The molecule has 1 aliphatic heterocycles. The fraction of sp³-hybridized carbons (Fsp3) is 0.286. The average Bonchev–Trinajstić information content (AvgIpc) is 3.38. The van der Waals surface area contributed by atoms with Gasteiger partial charge in [0.1, 0.15) is 5.25 Å². The van der Waals surface area contributed by atoms with E-state index in [0.717, 1.165) is 42.9 Å². The van der Waals surface area contributed by atoms with Crippen molar-refractivity contribution in [3.8, 4) is 11.4 Å². The van der Waals surface area contributed by atoms with Crippen molar-refractivity contribution in [2.75, 3.05) is 13.1 Å². The summed E-state index contributed by atoms with van der Waals surface area (Å²) in [4.78, 5) is 15.2. The summed E-state index contributed by atoms with van der Waals surface area (Å²) in [5.41, 5.74) is 1.92. The Hall–Kier alpha value is -2.31. The highest BCUT2D eigenvalue weighted by atomic mass is 35.5. The number of halogens is 1. The monoisotopic (exact) mass is 412 g/mol. The van der Waals surface area contributed by atoms with Gasteiger partial charge in [0, 0.05) is 30.7 Å². The van der Waals surface area contributed by atoms with E-state index in [0.29, 0.717) is 10.2 Å². The first-order valence-corrected chi connectivity index (χ1v) is 10.5. The Labute approximate surface area is 173 Å². The molecule has 28 heavy (non-hydrogen) atoms. The van der Waals surface area contributed by atoms with Crippen LogP contribution in [0.3, 0.4) is 0 Å². The van der Waals surface area contributed by atoms with E-state index >= 15 is 0 Å². The quantitative estimate of drug-likeness (QED) is 0.575. The number of amides is 1. The third kappa shape index (κ3) is 3.93. The summed E-state index contributed by atoms with van der Waals surface area (Å²) >= 11 is 7.44. The lowest BCUT2D eigenvalue weighted by Crippen LogP contribution is -2.31. The summed E-state index contributed by atoms with van der Waals surface area (Å²) in [6.45, 7) is 1.66. The van der Waals surface area contributed by atoms with Gasteiger partial charge in [0.15, 0.2) is 11.0 Å². The lowest BCUT2D eigenvalue weighted by atomic mass is 10.1. The van der Waals surface area contributed by atoms with E-state index in [1.807, 2.05) is 71.1 Å². The zero-order valence-corrected chi connectivity index (χ0v) is 17.2. The van der Waals surface area contributed by atoms with E-state index < -0.39 is 0 Å². The first-order valence-electron chi connectivity index (χ1n) is 9.29. The maximum Gasteiger partial charge on any atom is 0.240 e. The molecule has 0 unspecified atom stereocenters. The molecule has 2 aromatic carbocycles. The van der Waals surface area contributed by atoms with Crippen molar-refractivity contribution in [3.63, 3.8) is 0 Å². The van der Waals surface area contributed by atoms with Gasteiger partial charge in [0.2, 0.25) is 5.91 Å². The van der Waals surface area contributed by atoms with Crippen molar-refractivity contribution in [3.05, 3.63) is 65.2 Å². The van der Waals surface area contributed by atoms with Crippen LogP contribution in [-0.2, 0) is 11.8 Å². The van der Waals surface area contributed by atoms with Gasteiger partial charge in [-0.2, -0.15) is 0 Å². The number of aromatic nitrogens is 3. The number of hydrogen-bond donors (Lipinski definition) is 0. The summed E-state index contributed by atoms with van der Waals surface area (Å²) in [6, 6.07) is 17.4. The molecule has 0 bridgehead atoms. The fourth-order valence-corrected chi connectivity index (χ4v) is 4.58. The average molecular weight is 413 g/mol. The molecule has 7 heteroatoms. The van der Waals surface area contributed by atoms with Crippen LogP contribution in [-0.4, -0.2) is 38.7 Å². The second-order valence-corrected chi connectivity index (χ2v) is 8.32. The predicted molar refractivity (Wildman–Crippen MR) is 112 cm³/mol. The Kier molecular flexibility index (Phi) is 5.69. The number of nitrogens with zero attached hydrogens (tertiary/aromatic N) is 4. The Morgan fingerprint density at radius 3 is 2.39 bits per heavy atom. The predicted octanol–water partition coefficient (Wildman–Crippen LogP) is 4.59. The highest BCUT2D eigenvalue weighted by Gasteiger charge is 2.30. The van der Waals surface area contributed by atoms with Crippen molar-refractivity contribution in [2.45, 2.75) is 23.2 Å². The molecule has 4 rings (SSSR count). The summed E-state index contributed by atoms with van der Waals surface area (Å²) in [5.74, 6) is 0.893. The van der Waals surface area contributed by atoms with Crippen molar-refractivity contribution in [2.24, 2.45) is 7.05 Å². The van der Waals surface area contributed by atoms with Gasteiger partial charge in [-0.3, -0.25) is 4.79 Å². The molecule has 0 saturated carbocycles. The lowest BCUT2D eigenvalue weighted by Gasteiger charge is -2.22. The molecule has 2 heterocycles. The smallest absolute Gasteiger partial charge is 0.240 e. The highest BCUT2D eigenvalue weighted by molar-refractivity contribution is 8.00. The molecule has 1 amide bonds. The molecule has 144 valence electrons. The van der Waals surface area contributed by atoms with Gasteiger partial charge in [0.25, 0.3) is 0 Å². The molecule has 3 aromatic rings. The van der Waals surface area contributed by atoms with E-state index in [2.05, 4.69) is 10.2 Å². The van der Waals surface area contributed by atoms with E-state index in [-0.39, 0.29) is 11.2 Å². The largest absolute Gasteiger partial charge is 0.341 e. The zero-order valence-electron chi connectivity index (χ0n) is 15.6. The van der Waals surface area contributed by atoms with Crippen molar-refractivity contribution >= 4 is 29.3 Å². The Bertz CT molecular complexity index is 952. The number of benzene rings is 2. The van der Waals surface area contributed by atoms with Crippen LogP contribution >= 0.6 is 23.4 Å². The van der Waals surface area contributed by atoms with E-state index in [4.69, 9.17) is 11.6 Å². The second-order valence-electron chi connectivity index (χ2n) is 6.81. The van der Waals surface area contributed by atoms with Crippen molar-refractivity contribution < 1.29 is 4.79 Å². The summed E-state index contributed by atoms with van der Waals surface area (Å²) in [6.07, 6.45) is 2.14. The van der Waals surface area contributed by atoms with E-state index in [9.17, 15) is 4.79 Å². The molecule has 1 aromatic heterocycles. The molecule has 0 aliphatic carbocycles. The van der Waals surface area contributed by atoms with Crippen LogP contribution < -0.4 is 0 Å². The molecule has 5 nitrogen and oxygen atoms in total. The van der Waals surface area contributed by atoms with Gasteiger partial charge in [-0.1, -0.05) is 53.7 Å². The Morgan fingerprint density at radius 1 is 1.04 bits per heavy atom. The van der Waals surface area contributed by atoms with Gasteiger partial charge in [-0.05, 0) is 42.7 Å². The number of thioether (sulfide) groups is 1. The van der Waals surface area contributed by atoms with E-state index in [1.54, 1.807) is 0 Å². The van der Waals surface area contributed by atoms with Gasteiger partial charge in [-0.15, -0.1) is 10.2 Å². The summed E-state index contributed by atoms with van der Waals surface area (Å²) in [5, 5.41) is 9.77. The van der Waals surface area contributed by atoms with Gasteiger partial charge in [-0.25, -0.2) is 0 Å². The normalized spacial score (nSPS) is 15.0. The standard InChI is InChI=1S/C21H21ClN4OS/c1-25-19(16-9-11-17(22)12-10-16)23-24-21(25)28-18(15-7-3-2-4-8-15)20(27)26-13-5-6-14-26/h2-4,7-12,18H,5-6,13-14H2,1H3/t18-/m0/s1. The highest BCUT2D eigenvalue weighted by Crippen LogP contribution is 2.37. The number of hydrogen-bond acceptors (Lipinski definition) is 4. The minimum absolute atomic E-state index is 0.143. The minimum Gasteiger partial charge on any atom is -0.341 e. The van der Waals surface area contributed by atoms with Crippen LogP contribution in [0.15, 0.2) is 59.8 Å². The molecule has 1 saturated heterocycles.